The topological polar surface area (TPSA) is 94.4 Å². The molecular weight excluding hydrogens is 402 g/mol. The third-order valence-electron chi connectivity index (χ3n) is 4.20. The van der Waals surface area contributed by atoms with Crippen LogP contribution in [0.25, 0.3) is 17.3 Å². The normalized spacial score (nSPS) is 10.8. The molecule has 0 saturated carbocycles. The quantitative estimate of drug-likeness (QED) is 0.211. The number of non-ortho nitro benzene ring substituents is 1. The lowest BCUT2D eigenvalue weighted by molar-refractivity contribution is -0.384. The minimum Gasteiger partial charge on any atom is -0.493 e. The molecule has 0 atom stereocenters. The largest absolute Gasteiger partial charge is 0.493 e. The first kappa shape index (κ1) is 21.2. The Morgan fingerprint density at radius 3 is 2.73 bits per heavy atom. The molecule has 3 rings (SSSR count). The Balaban J connectivity index is 1.63. The van der Waals surface area contributed by atoms with E-state index in [2.05, 4.69) is 17.2 Å². The van der Waals surface area contributed by atoms with E-state index in [4.69, 9.17) is 4.74 Å². The standard InChI is InChI=1S/C22H21N3O4S/c1-2-3-14-29-20-7-5-4-6-17(20)10-13-21(26)24-22-23-19(15-30-22)16-8-11-18(12-9-16)25(27)28/h4-13,15H,2-3,14H2,1H3,(H,23,24,26)/b13-10+. The summed E-state index contributed by atoms with van der Waals surface area (Å²) in [6.45, 7) is 2.74. The predicted molar refractivity (Wildman–Crippen MR) is 119 cm³/mol. The monoisotopic (exact) mass is 423 g/mol. The fourth-order valence-corrected chi connectivity index (χ4v) is 3.33. The molecule has 1 aromatic heterocycles. The van der Waals surface area contributed by atoms with Crippen molar-refractivity contribution < 1.29 is 14.5 Å². The van der Waals surface area contributed by atoms with Crippen LogP contribution in [0.2, 0.25) is 0 Å². The zero-order chi connectivity index (χ0) is 21.3. The first-order chi connectivity index (χ1) is 14.6. The number of ether oxygens (including phenoxy) is 1. The Morgan fingerprint density at radius 1 is 1.23 bits per heavy atom. The zero-order valence-electron chi connectivity index (χ0n) is 16.4. The van der Waals surface area contributed by atoms with Crippen molar-refractivity contribution in [3.8, 4) is 17.0 Å². The second kappa shape index (κ2) is 10.3. The predicted octanol–water partition coefficient (Wildman–Crippen LogP) is 5.55. The maximum absolute atomic E-state index is 12.3. The van der Waals surface area contributed by atoms with Crippen molar-refractivity contribution in [3.63, 3.8) is 0 Å². The van der Waals surface area contributed by atoms with E-state index >= 15 is 0 Å². The first-order valence-electron chi connectivity index (χ1n) is 9.48. The van der Waals surface area contributed by atoms with Crippen molar-refractivity contribution in [2.75, 3.05) is 11.9 Å². The molecule has 0 spiro atoms. The molecule has 0 bridgehead atoms. The molecule has 0 fully saturated rings. The number of amides is 1. The number of hydrogen-bond donors (Lipinski definition) is 1. The lowest BCUT2D eigenvalue weighted by atomic mass is 10.1. The van der Waals surface area contributed by atoms with E-state index in [9.17, 15) is 14.9 Å². The minimum atomic E-state index is -0.449. The molecular formula is C22H21N3O4S. The average molecular weight is 423 g/mol. The van der Waals surface area contributed by atoms with Gasteiger partial charge in [-0.25, -0.2) is 4.98 Å². The van der Waals surface area contributed by atoms with E-state index in [-0.39, 0.29) is 11.6 Å². The molecule has 0 saturated heterocycles. The van der Waals surface area contributed by atoms with Gasteiger partial charge in [0.05, 0.1) is 17.2 Å². The summed E-state index contributed by atoms with van der Waals surface area (Å²) in [7, 11) is 0. The van der Waals surface area contributed by atoms with E-state index in [1.165, 1.54) is 29.5 Å². The highest BCUT2D eigenvalue weighted by molar-refractivity contribution is 7.14. The number of nitro groups is 1. The molecule has 0 aliphatic carbocycles. The number of nitrogens with zero attached hydrogens (tertiary/aromatic N) is 2. The molecule has 154 valence electrons. The smallest absolute Gasteiger partial charge is 0.269 e. The van der Waals surface area contributed by atoms with Crippen LogP contribution in [0.5, 0.6) is 5.75 Å². The minimum absolute atomic E-state index is 0.0200. The highest BCUT2D eigenvalue weighted by atomic mass is 32.1. The number of carbonyl (C=O) groups excluding carboxylic acids is 1. The fourth-order valence-electron chi connectivity index (χ4n) is 2.61. The van der Waals surface area contributed by atoms with Crippen molar-refractivity contribution >= 4 is 34.1 Å². The molecule has 0 radical (unpaired) electrons. The van der Waals surface area contributed by atoms with Gasteiger partial charge < -0.3 is 4.74 Å². The number of thiazole rings is 1. The van der Waals surface area contributed by atoms with Gasteiger partial charge in [0.15, 0.2) is 5.13 Å². The Bertz CT molecular complexity index is 1040. The number of benzene rings is 2. The number of aromatic nitrogens is 1. The van der Waals surface area contributed by atoms with Gasteiger partial charge in [-0.05, 0) is 30.7 Å². The number of unbranched alkanes of at least 4 members (excludes halogenated alkanes) is 1. The molecule has 0 unspecified atom stereocenters. The summed E-state index contributed by atoms with van der Waals surface area (Å²) < 4.78 is 5.77. The summed E-state index contributed by atoms with van der Waals surface area (Å²) >= 11 is 1.29. The van der Waals surface area contributed by atoms with Crippen molar-refractivity contribution in [2.24, 2.45) is 0 Å². The van der Waals surface area contributed by atoms with E-state index < -0.39 is 4.92 Å². The molecule has 30 heavy (non-hydrogen) atoms. The van der Waals surface area contributed by atoms with Crippen LogP contribution in [0.1, 0.15) is 25.3 Å². The summed E-state index contributed by atoms with van der Waals surface area (Å²) in [5, 5.41) is 15.7. The van der Waals surface area contributed by atoms with E-state index in [0.717, 1.165) is 29.7 Å². The van der Waals surface area contributed by atoms with E-state index in [1.54, 1.807) is 23.6 Å². The van der Waals surface area contributed by atoms with Gasteiger partial charge in [-0.2, -0.15) is 0 Å². The van der Waals surface area contributed by atoms with Crippen LogP contribution < -0.4 is 10.1 Å². The summed E-state index contributed by atoms with van der Waals surface area (Å²) in [6.07, 6.45) is 5.17. The second-order valence-corrected chi connectivity index (χ2v) is 7.26. The van der Waals surface area contributed by atoms with Crippen LogP contribution >= 0.6 is 11.3 Å². The summed E-state index contributed by atoms with van der Waals surface area (Å²) in [5.41, 5.74) is 2.23. The summed E-state index contributed by atoms with van der Waals surface area (Å²) in [6, 6.07) is 13.7. The molecule has 0 aliphatic heterocycles. The number of para-hydroxylation sites is 1. The Morgan fingerprint density at radius 2 is 2.00 bits per heavy atom. The van der Waals surface area contributed by atoms with Gasteiger partial charge in [-0.1, -0.05) is 31.5 Å². The van der Waals surface area contributed by atoms with Crippen molar-refractivity contribution in [1.29, 1.82) is 0 Å². The highest BCUT2D eigenvalue weighted by Crippen LogP contribution is 2.26. The van der Waals surface area contributed by atoms with Gasteiger partial charge >= 0.3 is 0 Å². The van der Waals surface area contributed by atoms with Crippen LogP contribution in [0.3, 0.4) is 0 Å². The number of rotatable bonds is 9. The molecule has 7 nitrogen and oxygen atoms in total. The SMILES string of the molecule is CCCCOc1ccccc1/C=C/C(=O)Nc1nc(-c2ccc([N+](=O)[O-])cc2)cs1. The number of hydrogen-bond acceptors (Lipinski definition) is 6. The van der Waals surface area contributed by atoms with Gasteiger partial charge in [0.1, 0.15) is 5.75 Å². The summed E-state index contributed by atoms with van der Waals surface area (Å²) in [4.78, 5) is 27.0. The van der Waals surface area contributed by atoms with Crippen LogP contribution in [0, 0.1) is 10.1 Å². The Hall–Kier alpha value is -3.52. The second-order valence-electron chi connectivity index (χ2n) is 6.40. The Kier molecular flexibility index (Phi) is 7.29. The summed E-state index contributed by atoms with van der Waals surface area (Å²) in [5.74, 6) is 0.438. The maximum Gasteiger partial charge on any atom is 0.269 e. The molecule has 3 aromatic rings. The van der Waals surface area contributed by atoms with Crippen molar-refractivity contribution in [1.82, 2.24) is 4.98 Å². The lowest BCUT2D eigenvalue weighted by Crippen LogP contribution is -2.07. The van der Waals surface area contributed by atoms with Gasteiger partial charge in [-0.3, -0.25) is 20.2 Å². The van der Waals surface area contributed by atoms with Gasteiger partial charge in [0.2, 0.25) is 5.91 Å². The molecule has 1 amide bonds. The number of anilines is 1. The van der Waals surface area contributed by atoms with Crippen LogP contribution in [0.4, 0.5) is 10.8 Å². The zero-order valence-corrected chi connectivity index (χ0v) is 17.2. The lowest BCUT2D eigenvalue weighted by Gasteiger charge is -2.08. The third-order valence-corrected chi connectivity index (χ3v) is 4.95. The number of nitrogens with one attached hydrogen (secondary N) is 1. The van der Waals surface area contributed by atoms with Crippen LogP contribution in [-0.4, -0.2) is 22.4 Å². The number of nitro benzene ring substituents is 1. The van der Waals surface area contributed by atoms with Crippen molar-refractivity contribution in [3.05, 3.63) is 75.7 Å². The third kappa shape index (κ3) is 5.74. The molecule has 0 aliphatic rings. The van der Waals surface area contributed by atoms with Crippen molar-refractivity contribution in [2.45, 2.75) is 19.8 Å². The van der Waals surface area contributed by atoms with Crippen LogP contribution in [0.15, 0.2) is 60.0 Å². The first-order valence-corrected chi connectivity index (χ1v) is 10.4. The molecule has 1 N–H and O–H groups in total. The molecule has 2 aromatic carbocycles. The highest BCUT2D eigenvalue weighted by Gasteiger charge is 2.09. The van der Waals surface area contributed by atoms with Gasteiger partial charge in [0.25, 0.3) is 5.69 Å². The van der Waals surface area contributed by atoms with E-state index in [1.807, 2.05) is 24.3 Å². The molecule has 1 heterocycles. The fraction of sp³-hybridized carbons (Fsp3) is 0.182. The van der Waals surface area contributed by atoms with E-state index in [0.29, 0.717) is 17.4 Å². The Labute approximate surface area is 178 Å². The van der Waals surface area contributed by atoms with Crippen LogP contribution in [-0.2, 0) is 4.79 Å². The number of carbonyl (C=O) groups is 1. The van der Waals surface area contributed by atoms with Gasteiger partial charge in [-0.15, -0.1) is 11.3 Å². The average Bonchev–Trinajstić information content (AvgIpc) is 3.21. The maximum atomic E-state index is 12.3. The molecule has 8 heteroatoms. The van der Waals surface area contributed by atoms with Gasteiger partial charge in [0, 0.05) is 34.7 Å².